The van der Waals surface area contributed by atoms with Gasteiger partial charge in [0, 0.05) is 23.2 Å². The normalized spacial score (nSPS) is 18.9. The lowest BCUT2D eigenvalue weighted by Gasteiger charge is -2.12. The van der Waals surface area contributed by atoms with E-state index in [0.29, 0.717) is 18.7 Å². The number of nitrogens with one attached hydrogen (secondary N) is 2. The maximum atomic E-state index is 12.3. The predicted octanol–water partition coefficient (Wildman–Crippen LogP) is 1.69. The first-order valence-corrected chi connectivity index (χ1v) is 9.84. The molecule has 0 spiro atoms. The van der Waals surface area contributed by atoms with Crippen LogP contribution in [0, 0.1) is 0 Å². The number of ether oxygens (including phenoxy) is 1. The van der Waals surface area contributed by atoms with Gasteiger partial charge < -0.3 is 21.1 Å². The van der Waals surface area contributed by atoms with Crippen LogP contribution in [0.25, 0.3) is 0 Å². The Labute approximate surface area is 162 Å². The first kappa shape index (κ1) is 19.4. The zero-order valence-electron chi connectivity index (χ0n) is 14.9. The highest BCUT2D eigenvalue weighted by atomic mass is 32.2. The summed E-state index contributed by atoms with van der Waals surface area (Å²) in [7, 11) is 0. The lowest BCUT2D eigenvalue weighted by Crippen LogP contribution is -2.39. The highest BCUT2D eigenvalue weighted by Gasteiger charge is 2.31. The third kappa shape index (κ3) is 5.82. The fraction of sp³-hybridized carbons (Fsp3) is 0.300. The second kappa shape index (κ2) is 9.55. The second-order valence-corrected chi connectivity index (χ2v) is 7.38. The Bertz CT molecular complexity index is 768. The van der Waals surface area contributed by atoms with Gasteiger partial charge in [-0.2, -0.15) is 0 Å². The van der Waals surface area contributed by atoms with E-state index in [1.54, 1.807) is 23.9 Å². The Hall–Kier alpha value is -2.35. The van der Waals surface area contributed by atoms with Crippen molar-refractivity contribution in [2.75, 3.05) is 13.1 Å². The monoisotopic (exact) mass is 385 g/mol. The van der Waals surface area contributed by atoms with E-state index >= 15 is 0 Å². The third-order valence-corrected chi connectivity index (χ3v) is 5.34. The van der Waals surface area contributed by atoms with Gasteiger partial charge in [0.15, 0.2) is 0 Å². The molecule has 4 N–H and O–H groups in total. The second-order valence-electron chi connectivity index (χ2n) is 6.33. The van der Waals surface area contributed by atoms with Crippen LogP contribution in [0.2, 0.25) is 0 Å². The molecule has 142 valence electrons. The molecule has 7 heteroatoms. The summed E-state index contributed by atoms with van der Waals surface area (Å²) < 4.78 is 5.45. The minimum absolute atomic E-state index is 0.0553. The van der Waals surface area contributed by atoms with Crippen molar-refractivity contribution in [2.24, 2.45) is 5.73 Å². The molecule has 27 heavy (non-hydrogen) atoms. The van der Waals surface area contributed by atoms with Gasteiger partial charge >= 0.3 is 5.97 Å². The Morgan fingerprint density at radius 3 is 2.59 bits per heavy atom. The van der Waals surface area contributed by atoms with E-state index in [-0.39, 0.29) is 24.5 Å². The van der Waals surface area contributed by atoms with Gasteiger partial charge in [0.1, 0.15) is 11.8 Å². The molecule has 2 aromatic rings. The molecule has 0 aliphatic carbocycles. The summed E-state index contributed by atoms with van der Waals surface area (Å²) in [5, 5.41) is 5.85. The number of esters is 1. The molecular formula is C20H23N3O3S. The smallest absolute Gasteiger partial charge is 0.328 e. The molecule has 1 amide bonds. The quantitative estimate of drug-likeness (QED) is 0.382. The minimum Gasteiger partial charge on any atom is -0.425 e. The van der Waals surface area contributed by atoms with Crippen LogP contribution in [0.4, 0.5) is 0 Å². The standard InChI is InChI=1S/C20H23N3O3S/c21-11-19(24)23-15-10-18(22-12-15)20(25)26-16-6-8-17(9-7-16)27-13-14-4-2-1-3-5-14/h1-9,15,18,22H,10-13,21H2,(H,23,24)/t15-,18+/m1/s1. The fourth-order valence-corrected chi connectivity index (χ4v) is 3.70. The fourth-order valence-electron chi connectivity index (χ4n) is 2.84. The molecule has 0 aromatic heterocycles. The van der Waals surface area contributed by atoms with Crippen molar-refractivity contribution in [1.82, 2.24) is 10.6 Å². The number of hydrogen-bond acceptors (Lipinski definition) is 6. The maximum absolute atomic E-state index is 12.3. The topological polar surface area (TPSA) is 93.5 Å². The highest BCUT2D eigenvalue weighted by Crippen LogP contribution is 2.25. The number of thioether (sulfide) groups is 1. The molecular weight excluding hydrogens is 362 g/mol. The Kier molecular flexibility index (Phi) is 6.86. The number of nitrogens with two attached hydrogens (primary N) is 1. The van der Waals surface area contributed by atoms with Crippen LogP contribution < -0.4 is 21.1 Å². The molecule has 1 fully saturated rings. The largest absolute Gasteiger partial charge is 0.425 e. The van der Waals surface area contributed by atoms with Crippen molar-refractivity contribution in [1.29, 1.82) is 0 Å². The van der Waals surface area contributed by atoms with E-state index in [9.17, 15) is 9.59 Å². The van der Waals surface area contributed by atoms with Crippen molar-refractivity contribution in [2.45, 2.75) is 29.2 Å². The van der Waals surface area contributed by atoms with Crippen molar-refractivity contribution in [3.63, 3.8) is 0 Å². The molecule has 1 aliphatic rings. The van der Waals surface area contributed by atoms with Crippen molar-refractivity contribution < 1.29 is 14.3 Å². The summed E-state index contributed by atoms with van der Waals surface area (Å²) in [5.74, 6) is 0.839. The third-order valence-electron chi connectivity index (χ3n) is 4.26. The van der Waals surface area contributed by atoms with Gasteiger partial charge in [0.2, 0.25) is 5.91 Å². The molecule has 6 nitrogen and oxygen atoms in total. The van der Waals surface area contributed by atoms with Gasteiger partial charge in [0.25, 0.3) is 0 Å². The van der Waals surface area contributed by atoms with E-state index in [1.165, 1.54) is 5.56 Å². The number of rotatable bonds is 7. The van der Waals surface area contributed by atoms with E-state index in [4.69, 9.17) is 10.5 Å². The lowest BCUT2D eigenvalue weighted by molar-refractivity contribution is -0.136. The van der Waals surface area contributed by atoms with Gasteiger partial charge in [-0.05, 0) is 36.2 Å². The number of hydrogen-bond donors (Lipinski definition) is 3. The van der Waals surface area contributed by atoms with E-state index in [2.05, 4.69) is 22.8 Å². The van der Waals surface area contributed by atoms with E-state index in [0.717, 1.165) is 10.6 Å². The molecule has 0 saturated carbocycles. The average molecular weight is 385 g/mol. The molecule has 1 heterocycles. The molecule has 0 bridgehead atoms. The van der Waals surface area contributed by atoms with Gasteiger partial charge in [-0.3, -0.25) is 4.79 Å². The summed E-state index contributed by atoms with van der Waals surface area (Å²) in [6, 6.07) is 17.2. The maximum Gasteiger partial charge on any atom is 0.328 e. The summed E-state index contributed by atoms with van der Waals surface area (Å²) >= 11 is 1.73. The zero-order chi connectivity index (χ0) is 19.1. The van der Waals surface area contributed by atoms with Crippen LogP contribution in [0.3, 0.4) is 0 Å². The van der Waals surface area contributed by atoms with Crippen molar-refractivity contribution in [3.8, 4) is 5.75 Å². The number of carbonyl (C=O) groups is 2. The molecule has 1 aliphatic heterocycles. The SMILES string of the molecule is NCC(=O)N[C@H]1CN[C@H](C(=O)Oc2ccc(SCc3ccccc3)cc2)C1. The van der Waals surface area contributed by atoms with Crippen LogP contribution in [-0.4, -0.2) is 37.0 Å². The van der Waals surface area contributed by atoms with Crippen LogP contribution >= 0.6 is 11.8 Å². The molecule has 3 rings (SSSR count). The van der Waals surface area contributed by atoms with Crippen LogP contribution in [0.1, 0.15) is 12.0 Å². The van der Waals surface area contributed by atoms with Crippen LogP contribution in [0.15, 0.2) is 59.5 Å². The van der Waals surface area contributed by atoms with E-state index < -0.39 is 6.04 Å². The number of carbonyl (C=O) groups excluding carboxylic acids is 2. The Morgan fingerprint density at radius 2 is 1.89 bits per heavy atom. The molecule has 0 radical (unpaired) electrons. The summed E-state index contributed by atoms with van der Waals surface area (Å²) in [4.78, 5) is 24.7. The van der Waals surface area contributed by atoms with Gasteiger partial charge in [-0.1, -0.05) is 30.3 Å². The van der Waals surface area contributed by atoms with Gasteiger partial charge in [-0.15, -0.1) is 11.8 Å². The molecule has 2 atom stereocenters. The first-order chi connectivity index (χ1) is 13.1. The summed E-state index contributed by atoms with van der Waals surface area (Å²) in [6.07, 6.45) is 0.496. The molecule has 2 aromatic carbocycles. The summed E-state index contributed by atoms with van der Waals surface area (Å²) in [5.41, 5.74) is 6.55. The lowest BCUT2D eigenvalue weighted by atomic mass is 10.1. The van der Waals surface area contributed by atoms with Gasteiger partial charge in [-0.25, -0.2) is 4.79 Å². The number of benzene rings is 2. The average Bonchev–Trinajstić information content (AvgIpc) is 3.17. The minimum atomic E-state index is -0.430. The van der Waals surface area contributed by atoms with Crippen molar-refractivity contribution in [3.05, 3.63) is 60.2 Å². The predicted molar refractivity (Wildman–Crippen MR) is 105 cm³/mol. The zero-order valence-corrected chi connectivity index (χ0v) is 15.7. The van der Waals surface area contributed by atoms with Crippen molar-refractivity contribution >= 4 is 23.6 Å². The highest BCUT2D eigenvalue weighted by molar-refractivity contribution is 7.98. The van der Waals surface area contributed by atoms with Crippen LogP contribution in [0.5, 0.6) is 5.75 Å². The Balaban J connectivity index is 1.46. The first-order valence-electron chi connectivity index (χ1n) is 8.85. The van der Waals surface area contributed by atoms with Gasteiger partial charge in [0.05, 0.1) is 6.54 Å². The van der Waals surface area contributed by atoms with E-state index in [1.807, 2.05) is 30.3 Å². The Morgan fingerprint density at radius 1 is 1.15 bits per heavy atom. The van der Waals surface area contributed by atoms with Crippen LogP contribution in [-0.2, 0) is 15.3 Å². The molecule has 0 unspecified atom stereocenters. The number of amides is 1. The summed E-state index contributed by atoms with van der Waals surface area (Å²) in [6.45, 7) is 0.473. The molecule has 1 saturated heterocycles.